The average molecular weight is 399 g/mol. The number of aromatic nitrogens is 3. The van der Waals surface area contributed by atoms with Crippen molar-refractivity contribution in [2.75, 3.05) is 17.7 Å². The molecule has 7 heteroatoms. The lowest BCUT2D eigenvalue weighted by atomic mass is 10.0. The molecule has 30 heavy (non-hydrogen) atoms. The third-order valence-electron chi connectivity index (χ3n) is 4.65. The lowest BCUT2D eigenvalue weighted by Crippen LogP contribution is -2.07. The number of carbonyl (C=O) groups excluding carboxylic acids is 1. The second-order valence-electron chi connectivity index (χ2n) is 6.82. The molecule has 0 atom stereocenters. The van der Waals surface area contributed by atoms with E-state index in [1.54, 1.807) is 19.5 Å². The summed E-state index contributed by atoms with van der Waals surface area (Å²) in [6.07, 6.45) is 4.16. The van der Waals surface area contributed by atoms with Crippen molar-refractivity contribution < 1.29 is 9.53 Å². The second kappa shape index (κ2) is 8.57. The van der Waals surface area contributed by atoms with E-state index in [4.69, 9.17) is 4.74 Å². The van der Waals surface area contributed by atoms with Crippen LogP contribution < -0.4 is 15.4 Å². The van der Waals surface area contributed by atoms with Crippen LogP contribution in [0.1, 0.15) is 18.2 Å². The Hall–Kier alpha value is -4.00. The molecule has 0 saturated carbocycles. The maximum Gasteiger partial charge on any atom is 0.221 e. The molecule has 1 amide bonds. The van der Waals surface area contributed by atoms with E-state index < -0.39 is 0 Å². The number of ether oxygens (including phenoxy) is 1. The quantitative estimate of drug-likeness (QED) is 0.502. The first-order chi connectivity index (χ1) is 14.6. The molecule has 2 heterocycles. The summed E-state index contributed by atoms with van der Waals surface area (Å²) in [7, 11) is 1.63. The Kier molecular flexibility index (Phi) is 5.52. The van der Waals surface area contributed by atoms with E-state index >= 15 is 0 Å². The molecule has 0 aliphatic heterocycles. The van der Waals surface area contributed by atoms with Crippen LogP contribution in [0.3, 0.4) is 0 Å². The highest BCUT2D eigenvalue weighted by Gasteiger charge is 2.12. The highest BCUT2D eigenvalue weighted by molar-refractivity contribution is 5.99. The molecule has 2 aromatic carbocycles. The number of hydrogen-bond donors (Lipinski definition) is 2. The van der Waals surface area contributed by atoms with Crippen LogP contribution in [0, 0.1) is 0 Å². The molecule has 4 rings (SSSR count). The van der Waals surface area contributed by atoms with Crippen molar-refractivity contribution in [1.29, 1.82) is 0 Å². The summed E-state index contributed by atoms with van der Waals surface area (Å²) < 4.78 is 5.21. The van der Waals surface area contributed by atoms with Crippen LogP contribution >= 0.6 is 0 Å². The van der Waals surface area contributed by atoms with Crippen LogP contribution in [0.2, 0.25) is 0 Å². The fourth-order valence-electron chi connectivity index (χ4n) is 3.22. The molecule has 0 aliphatic rings. The van der Waals surface area contributed by atoms with Gasteiger partial charge in [-0.15, -0.1) is 5.10 Å². The van der Waals surface area contributed by atoms with E-state index in [-0.39, 0.29) is 5.91 Å². The minimum absolute atomic E-state index is 0.127. The number of fused-ring (bicyclic) bond motifs is 1. The molecule has 0 spiro atoms. The number of methoxy groups -OCH3 is 1. The summed E-state index contributed by atoms with van der Waals surface area (Å²) in [6.45, 7) is 1.49. The fraction of sp³-hybridized carbons (Fsp3) is 0.130. The Morgan fingerprint density at radius 1 is 0.933 bits per heavy atom. The van der Waals surface area contributed by atoms with Crippen LogP contribution in [-0.4, -0.2) is 28.2 Å². The molecule has 0 unspecified atom stereocenters. The predicted octanol–water partition coefficient (Wildman–Crippen LogP) is 4.33. The standard InChI is InChI=1S/C23H21N5O2/c1-15(29)25-18-5-8-20-21(14-18)23(26-17-3-6-19(30-2)7-4-17)28-27-22(20)13-16-9-11-24-12-10-16/h3-12,14H,13H2,1-2H3,(H,25,29)(H,26,28). The number of rotatable bonds is 6. The molecule has 4 aromatic rings. The van der Waals surface area contributed by atoms with Crippen LogP contribution in [0.4, 0.5) is 17.2 Å². The zero-order valence-electron chi connectivity index (χ0n) is 16.7. The van der Waals surface area contributed by atoms with Gasteiger partial charge in [-0.25, -0.2) is 0 Å². The van der Waals surface area contributed by atoms with Gasteiger partial charge in [0.15, 0.2) is 5.82 Å². The summed E-state index contributed by atoms with van der Waals surface area (Å²) in [6, 6.07) is 17.2. The smallest absolute Gasteiger partial charge is 0.221 e. The highest BCUT2D eigenvalue weighted by atomic mass is 16.5. The minimum atomic E-state index is -0.127. The molecule has 2 N–H and O–H groups in total. The summed E-state index contributed by atoms with van der Waals surface area (Å²) >= 11 is 0. The number of anilines is 3. The maximum atomic E-state index is 11.5. The first-order valence-electron chi connectivity index (χ1n) is 9.49. The van der Waals surface area contributed by atoms with Crippen LogP contribution in [0.15, 0.2) is 67.0 Å². The summed E-state index contributed by atoms with van der Waals surface area (Å²) in [4.78, 5) is 15.6. The van der Waals surface area contributed by atoms with Crippen LogP contribution in [0.5, 0.6) is 5.75 Å². The molecule has 0 bridgehead atoms. The number of nitrogens with zero attached hydrogens (tertiary/aromatic N) is 3. The summed E-state index contributed by atoms with van der Waals surface area (Å²) in [5.74, 6) is 1.26. The largest absolute Gasteiger partial charge is 0.497 e. The average Bonchev–Trinajstić information content (AvgIpc) is 2.76. The molecule has 0 aliphatic carbocycles. The molecular weight excluding hydrogens is 378 g/mol. The molecular formula is C23H21N5O2. The van der Waals surface area contributed by atoms with E-state index in [1.807, 2.05) is 54.6 Å². The van der Waals surface area contributed by atoms with Crippen LogP contribution in [-0.2, 0) is 11.2 Å². The Morgan fingerprint density at radius 2 is 1.67 bits per heavy atom. The van der Waals surface area contributed by atoms with Gasteiger partial charge in [-0.3, -0.25) is 9.78 Å². The van der Waals surface area contributed by atoms with Gasteiger partial charge in [0.1, 0.15) is 5.75 Å². The summed E-state index contributed by atoms with van der Waals surface area (Å²) in [5.41, 5.74) is 3.52. The van der Waals surface area contributed by atoms with Crippen LogP contribution in [0.25, 0.3) is 10.8 Å². The molecule has 2 aromatic heterocycles. The zero-order valence-corrected chi connectivity index (χ0v) is 16.7. The van der Waals surface area contributed by atoms with Crippen molar-refractivity contribution in [3.63, 3.8) is 0 Å². The fourth-order valence-corrected chi connectivity index (χ4v) is 3.22. The lowest BCUT2D eigenvalue weighted by molar-refractivity contribution is -0.114. The Balaban J connectivity index is 1.76. The molecule has 0 fully saturated rings. The van der Waals surface area contributed by atoms with E-state index in [9.17, 15) is 4.79 Å². The molecule has 0 radical (unpaired) electrons. The highest BCUT2D eigenvalue weighted by Crippen LogP contribution is 2.30. The topological polar surface area (TPSA) is 89.0 Å². The zero-order chi connectivity index (χ0) is 20.9. The monoisotopic (exact) mass is 399 g/mol. The van der Waals surface area contributed by atoms with Crippen molar-refractivity contribution in [3.8, 4) is 5.75 Å². The van der Waals surface area contributed by atoms with E-state index in [2.05, 4.69) is 25.8 Å². The minimum Gasteiger partial charge on any atom is -0.497 e. The first kappa shape index (κ1) is 19.3. The number of amides is 1. The van der Waals surface area contributed by atoms with Crippen molar-refractivity contribution in [3.05, 3.63) is 78.2 Å². The van der Waals surface area contributed by atoms with E-state index in [0.29, 0.717) is 17.9 Å². The summed E-state index contributed by atoms with van der Waals surface area (Å²) in [5, 5.41) is 16.9. The van der Waals surface area contributed by atoms with Gasteiger partial charge in [-0.1, -0.05) is 6.07 Å². The lowest BCUT2D eigenvalue weighted by Gasteiger charge is -2.13. The first-order valence-corrected chi connectivity index (χ1v) is 9.49. The normalized spacial score (nSPS) is 10.6. The molecule has 150 valence electrons. The van der Waals surface area contributed by atoms with Gasteiger partial charge < -0.3 is 15.4 Å². The van der Waals surface area contributed by atoms with Gasteiger partial charge in [0, 0.05) is 47.9 Å². The van der Waals surface area contributed by atoms with Gasteiger partial charge in [-0.05, 0) is 54.1 Å². The van der Waals surface area contributed by atoms with Crippen molar-refractivity contribution >= 4 is 33.9 Å². The number of carbonyl (C=O) groups is 1. The number of nitrogens with one attached hydrogen (secondary N) is 2. The third kappa shape index (κ3) is 4.35. The van der Waals surface area contributed by atoms with Gasteiger partial charge in [0.25, 0.3) is 0 Å². The third-order valence-corrected chi connectivity index (χ3v) is 4.65. The van der Waals surface area contributed by atoms with Crippen molar-refractivity contribution in [2.24, 2.45) is 0 Å². The maximum absolute atomic E-state index is 11.5. The Labute approximate surface area is 174 Å². The van der Waals surface area contributed by atoms with Gasteiger partial charge in [-0.2, -0.15) is 5.10 Å². The number of pyridine rings is 1. The predicted molar refractivity (Wildman–Crippen MR) is 117 cm³/mol. The van der Waals surface area contributed by atoms with E-state index in [0.717, 1.165) is 33.5 Å². The molecule has 7 nitrogen and oxygen atoms in total. The SMILES string of the molecule is COc1ccc(Nc2nnc(Cc3ccncc3)c3ccc(NC(C)=O)cc23)cc1. The Bertz CT molecular complexity index is 1180. The van der Waals surface area contributed by atoms with Crippen molar-refractivity contribution in [1.82, 2.24) is 15.2 Å². The second-order valence-corrected chi connectivity index (χ2v) is 6.82. The number of benzene rings is 2. The number of hydrogen-bond acceptors (Lipinski definition) is 6. The Morgan fingerprint density at radius 3 is 2.37 bits per heavy atom. The van der Waals surface area contributed by atoms with Gasteiger partial charge >= 0.3 is 0 Å². The van der Waals surface area contributed by atoms with Crippen molar-refractivity contribution in [2.45, 2.75) is 13.3 Å². The molecule has 0 saturated heterocycles. The van der Waals surface area contributed by atoms with E-state index in [1.165, 1.54) is 6.92 Å². The van der Waals surface area contributed by atoms with Gasteiger partial charge in [0.2, 0.25) is 5.91 Å². The van der Waals surface area contributed by atoms with Gasteiger partial charge in [0.05, 0.1) is 12.8 Å².